The summed E-state index contributed by atoms with van der Waals surface area (Å²) < 4.78 is 30.0. The summed E-state index contributed by atoms with van der Waals surface area (Å²) in [5, 5.41) is 3.34. The van der Waals surface area contributed by atoms with Crippen LogP contribution in [-0.4, -0.2) is 18.6 Å². The van der Waals surface area contributed by atoms with Crippen LogP contribution in [0.2, 0.25) is 0 Å². The van der Waals surface area contributed by atoms with E-state index in [1.54, 1.807) is 18.2 Å². The third kappa shape index (κ3) is 5.78. The van der Waals surface area contributed by atoms with Gasteiger partial charge in [-0.05, 0) is 44.5 Å². The minimum absolute atomic E-state index is 0.000720. The molecule has 0 atom stereocenters. The third-order valence-electron chi connectivity index (χ3n) is 2.20. The SMILES string of the molecule is CC(C)(C)NCc1cc(OCC(F)F)ccc1Br. The second kappa shape index (κ2) is 6.48. The van der Waals surface area contributed by atoms with Crippen molar-refractivity contribution in [2.75, 3.05) is 6.61 Å². The molecule has 18 heavy (non-hydrogen) atoms. The average Bonchev–Trinajstić information content (AvgIpc) is 2.25. The van der Waals surface area contributed by atoms with Gasteiger partial charge in [-0.15, -0.1) is 0 Å². The van der Waals surface area contributed by atoms with Crippen LogP contribution in [-0.2, 0) is 6.54 Å². The molecule has 0 fully saturated rings. The van der Waals surface area contributed by atoms with Crippen LogP contribution in [0.25, 0.3) is 0 Å². The quantitative estimate of drug-likeness (QED) is 0.885. The van der Waals surface area contributed by atoms with Crippen molar-refractivity contribution in [2.24, 2.45) is 0 Å². The first-order valence-electron chi connectivity index (χ1n) is 5.72. The summed E-state index contributed by atoms with van der Waals surface area (Å²) in [5.74, 6) is 0.462. The van der Waals surface area contributed by atoms with Crippen LogP contribution < -0.4 is 10.1 Å². The van der Waals surface area contributed by atoms with Crippen molar-refractivity contribution < 1.29 is 13.5 Å². The topological polar surface area (TPSA) is 21.3 Å². The van der Waals surface area contributed by atoms with Gasteiger partial charge in [0.05, 0.1) is 0 Å². The molecule has 1 N–H and O–H groups in total. The highest BCUT2D eigenvalue weighted by molar-refractivity contribution is 9.10. The van der Waals surface area contributed by atoms with Crippen molar-refractivity contribution in [3.8, 4) is 5.75 Å². The maximum atomic E-state index is 12.1. The van der Waals surface area contributed by atoms with Crippen molar-refractivity contribution >= 4 is 15.9 Å². The molecule has 0 spiro atoms. The van der Waals surface area contributed by atoms with E-state index < -0.39 is 13.0 Å². The van der Waals surface area contributed by atoms with Gasteiger partial charge >= 0.3 is 0 Å². The van der Waals surface area contributed by atoms with E-state index in [1.807, 2.05) is 0 Å². The lowest BCUT2D eigenvalue weighted by Gasteiger charge is -2.21. The zero-order chi connectivity index (χ0) is 13.8. The molecule has 102 valence electrons. The van der Waals surface area contributed by atoms with Gasteiger partial charge in [0.25, 0.3) is 6.43 Å². The fourth-order valence-corrected chi connectivity index (χ4v) is 1.68. The summed E-state index contributed by atoms with van der Waals surface area (Å²) in [5.41, 5.74) is 0.982. The monoisotopic (exact) mass is 321 g/mol. The first-order valence-corrected chi connectivity index (χ1v) is 6.51. The van der Waals surface area contributed by atoms with Crippen LogP contribution >= 0.6 is 15.9 Å². The van der Waals surface area contributed by atoms with E-state index in [4.69, 9.17) is 4.74 Å². The Bertz CT molecular complexity index is 391. The normalized spacial score (nSPS) is 11.9. The number of nitrogens with one attached hydrogen (secondary N) is 1. The Morgan fingerprint density at radius 2 is 2.00 bits per heavy atom. The summed E-state index contributed by atoms with van der Waals surface area (Å²) in [6.07, 6.45) is -2.45. The molecule has 1 aromatic rings. The van der Waals surface area contributed by atoms with E-state index in [0.29, 0.717) is 12.3 Å². The number of hydrogen-bond acceptors (Lipinski definition) is 2. The van der Waals surface area contributed by atoms with Crippen LogP contribution in [0.4, 0.5) is 8.78 Å². The predicted molar refractivity (Wildman–Crippen MR) is 72.2 cm³/mol. The Morgan fingerprint density at radius 1 is 1.33 bits per heavy atom. The molecule has 0 saturated carbocycles. The highest BCUT2D eigenvalue weighted by Crippen LogP contribution is 2.23. The van der Waals surface area contributed by atoms with E-state index in [2.05, 4.69) is 42.0 Å². The van der Waals surface area contributed by atoms with Gasteiger partial charge in [0.15, 0.2) is 0 Å². The van der Waals surface area contributed by atoms with Gasteiger partial charge in [-0.3, -0.25) is 0 Å². The average molecular weight is 322 g/mol. The molecule has 2 nitrogen and oxygen atoms in total. The molecule has 0 aliphatic heterocycles. The molecule has 0 aliphatic rings. The third-order valence-corrected chi connectivity index (χ3v) is 2.98. The van der Waals surface area contributed by atoms with Crippen molar-refractivity contribution in [2.45, 2.75) is 39.3 Å². The lowest BCUT2D eigenvalue weighted by Crippen LogP contribution is -2.35. The minimum Gasteiger partial charge on any atom is -0.488 e. The van der Waals surface area contributed by atoms with Crippen LogP contribution in [0.3, 0.4) is 0 Å². The molecular formula is C13H18BrF2NO. The molecule has 0 radical (unpaired) electrons. The number of hydrogen-bond donors (Lipinski definition) is 1. The van der Waals surface area contributed by atoms with E-state index in [0.717, 1.165) is 10.0 Å². The van der Waals surface area contributed by atoms with Gasteiger partial charge in [0, 0.05) is 16.6 Å². The van der Waals surface area contributed by atoms with Crippen molar-refractivity contribution in [3.63, 3.8) is 0 Å². The lowest BCUT2D eigenvalue weighted by molar-refractivity contribution is 0.0818. The Morgan fingerprint density at radius 3 is 2.56 bits per heavy atom. The fourth-order valence-electron chi connectivity index (χ4n) is 1.30. The predicted octanol–water partition coefficient (Wildman–Crippen LogP) is 3.98. The first-order chi connectivity index (χ1) is 8.28. The summed E-state index contributed by atoms with van der Waals surface area (Å²) in [4.78, 5) is 0. The van der Waals surface area contributed by atoms with Gasteiger partial charge in [0.2, 0.25) is 0 Å². The van der Waals surface area contributed by atoms with E-state index in [9.17, 15) is 8.78 Å². The number of halogens is 3. The van der Waals surface area contributed by atoms with Crippen molar-refractivity contribution in [1.29, 1.82) is 0 Å². The van der Waals surface area contributed by atoms with E-state index in [-0.39, 0.29) is 5.54 Å². The summed E-state index contributed by atoms with van der Waals surface area (Å²) in [6, 6.07) is 5.25. The van der Waals surface area contributed by atoms with E-state index in [1.165, 1.54) is 0 Å². The molecule has 0 amide bonds. The second-order valence-electron chi connectivity index (χ2n) is 5.06. The maximum Gasteiger partial charge on any atom is 0.272 e. The number of benzene rings is 1. The number of ether oxygens (including phenoxy) is 1. The molecular weight excluding hydrogens is 304 g/mol. The van der Waals surface area contributed by atoms with Crippen molar-refractivity contribution in [3.05, 3.63) is 28.2 Å². The Hall–Kier alpha value is -0.680. The van der Waals surface area contributed by atoms with Gasteiger partial charge in [-0.2, -0.15) is 0 Å². The molecule has 1 rings (SSSR count). The number of alkyl halides is 2. The van der Waals surface area contributed by atoms with Gasteiger partial charge in [-0.1, -0.05) is 15.9 Å². The summed E-state index contributed by atoms with van der Waals surface area (Å²) in [6.45, 7) is 6.28. The summed E-state index contributed by atoms with van der Waals surface area (Å²) >= 11 is 3.43. The molecule has 0 saturated heterocycles. The van der Waals surface area contributed by atoms with Crippen LogP contribution in [0.1, 0.15) is 26.3 Å². The Kier molecular flexibility index (Phi) is 5.53. The molecule has 0 aromatic heterocycles. The minimum atomic E-state index is -2.45. The molecule has 1 aromatic carbocycles. The number of rotatable bonds is 5. The van der Waals surface area contributed by atoms with Crippen molar-refractivity contribution in [1.82, 2.24) is 5.32 Å². The van der Waals surface area contributed by atoms with Crippen LogP contribution in [0.15, 0.2) is 22.7 Å². The molecule has 0 heterocycles. The summed E-state index contributed by atoms with van der Waals surface area (Å²) in [7, 11) is 0. The first kappa shape index (κ1) is 15.4. The highest BCUT2D eigenvalue weighted by atomic mass is 79.9. The zero-order valence-electron chi connectivity index (χ0n) is 10.8. The van der Waals surface area contributed by atoms with Gasteiger partial charge < -0.3 is 10.1 Å². The van der Waals surface area contributed by atoms with Crippen LogP contribution in [0, 0.1) is 0 Å². The Balaban J connectivity index is 2.69. The highest BCUT2D eigenvalue weighted by Gasteiger charge is 2.11. The maximum absolute atomic E-state index is 12.1. The molecule has 0 unspecified atom stereocenters. The molecule has 0 aliphatic carbocycles. The van der Waals surface area contributed by atoms with Gasteiger partial charge in [0.1, 0.15) is 12.4 Å². The Labute approximate surface area is 115 Å². The standard InChI is InChI=1S/C13H18BrF2NO/c1-13(2,3)17-7-9-6-10(4-5-11(9)14)18-8-12(15)16/h4-6,12,17H,7-8H2,1-3H3. The van der Waals surface area contributed by atoms with Gasteiger partial charge in [-0.25, -0.2) is 8.78 Å². The van der Waals surface area contributed by atoms with E-state index >= 15 is 0 Å². The van der Waals surface area contributed by atoms with Crippen LogP contribution in [0.5, 0.6) is 5.75 Å². The fraction of sp³-hybridized carbons (Fsp3) is 0.538. The smallest absolute Gasteiger partial charge is 0.272 e. The molecule has 5 heteroatoms. The lowest BCUT2D eigenvalue weighted by atomic mass is 10.1. The molecule has 0 bridgehead atoms. The zero-order valence-corrected chi connectivity index (χ0v) is 12.4. The largest absolute Gasteiger partial charge is 0.488 e. The second-order valence-corrected chi connectivity index (χ2v) is 5.91.